The Balaban J connectivity index is 0.00000320. The summed E-state index contributed by atoms with van der Waals surface area (Å²) in [5.74, 6) is 0.187. The molecule has 0 amide bonds. The third-order valence-electron chi connectivity index (χ3n) is 4.98. The van der Waals surface area contributed by atoms with Crippen molar-refractivity contribution in [3.63, 3.8) is 0 Å². The first-order valence-electron chi connectivity index (χ1n) is 9.78. The predicted molar refractivity (Wildman–Crippen MR) is 128 cm³/mol. The highest BCUT2D eigenvalue weighted by atomic mass is 127. The highest BCUT2D eigenvalue weighted by Gasteiger charge is 2.27. The molecule has 2 aromatic carbocycles. The summed E-state index contributed by atoms with van der Waals surface area (Å²) in [6.07, 6.45) is 2.86. The molecule has 0 unspecified atom stereocenters. The molecule has 1 saturated heterocycles. The van der Waals surface area contributed by atoms with Crippen LogP contribution >= 0.6 is 24.0 Å². The number of benzene rings is 2. The molecular formula is C21H28FIN4O2S. The molecule has 164 valence electrons. The van der Waals surface area contributed by atoms with Gasteiger partial charge >= 0.3 is 0 Å². The van der Waals surface area contributed by atoms with Gasteiger partial charge in [0.05, 0.1) is 4.90 Å². The molecule has 0 aromatic heterocycles. The fourth-order valence-electron chi connectivity index (χ4n) is 3.37. The zero-order chi connectivity index (χ0) is 20.7. The number of nitrogens with one attached hydrogen (secondary N) is 2. The van der Waals surface area contributed by atoms with Crippen LogP contribution in [-0.4, -0.2) is 38.8 Å². The van der Waals surface area contributed by atoms with Gasteiger partial charge in [0.25, 0.3) is 0 Å². The Morgan fingerprint density at radius 3 is 2.17 bits per heavy atom. The Hall–Kier alpha value is -1.72. The Morgan fingerprint density at radius 1 is 0.967 bits per heavy atom. The van der Waals surface area contributed by atoms with Crippen molar-refractivity contribution in [2.24, 2.45) is 4.99 Å². The van der Waals surface area contributed by atoms with E-state index in [4.69, 9.17) is 0 Å². The quantitative estimate of drug-likeness (QED) is 0.331. The number of guanidine groups is 1. The molecule has 1 fully saturated rings. The van der Waals surface area contributed by atoms with Gasteiger partial charge in [0.15, 0.2) is 5.96 Å². The van der Waals surface area contributed by atoms with E-state index < -0.39 is 10.0 Å². The summed E-state index contributed by atoms with van der Waals surface area (Å²) < 4.78 is 41.5. The zero-order valence-corrected chi connectivity index (χ0v) is 20.1. The van der Waals surface area contributed by atoms with Crippen molar-refractivity contribution >= 4 is 40.0 Å². The second-order valence-electron chi connectivity index (χ2n) is 6.94. The van der Waals surface area contributed by atoms with E-state index in [1.54, 1.807) is 47.8 Å². The molecule has 0 bridgehead atoms. The maximum absolute atomic E-state index is 13.8. The first kappa shape index (κ1) is 24.5. The molecular weight excluding hydrogens is 518 g/mol. The number of hydrogen-bond donors (Lipinski definition) is 2. The van der Waals surface area contributed by atoms with Crippen LogP contribution in [0.2, 0.25) is 0 Å². The van der Waals surface area contributed by atoms with Gasteiger partial charge in [0, 0.05) is 38.8 Å². The minimum atomic E-state index is -3.52. The lowest BCUT2D eigenvalue weighted by Gasteiger charge is -2.27. The molecule has 0 saturated carbocycles. The van der Waals surface area contributed by atoms with E-state index in [9.17, 15) is 12.8 Å². The van der Waals surface area contributed by atoms with Gasteiger partial charge in [-0.15, -0.1) is 24.0 Å². The number of rotatable bonds is 6. The molecule has 1 aliphatic rings. The molecule has 9 heteroatoms. The highest BCUT2D eigenvalue weighted by Crippen LogP contribution is 2.23. The van der Waals surface area contributed by atoms with E-state index in [1.807, 2.05) is 6.07 Å². The third-order valence-corrected chi connectivity index (χ3v) is 6.98. The number of sulfonamides is 1. The molecule has 6 nitrogen and oxygen atoms in total. The van der Waals surface area contributed by atoms with Crippen LogP contribution in [0, 0.1) is 5.82 Å². The van der Waals surface area contributed by atoms with Gasteiger partial charge in [0.2, 0.25) is 10.0 Å². The summed E-state index contributed by atoms with van der Waals surface area (Å²) in [5.41, 5.74) is 1.20. The Labute approximate surface area is 195 Å². The van der Waals surface area contributed by atoms with Crippen molar-refractivity contribution in [1.29, 1.82) is 0 Å². The van der Waals surface area contributed by atoms with Crippen LogP contribution in [0.25, 0.3) is 0 Å². The monoisotopic (exact) mass is 546 g/mol. The Morgan fingerprint density at radius 2 is 1.53 bits per heavy atom. The molecule has 2 aromatic rings. The molecule has 1 aliphatic heterocycles. The van der Waals surface area contributed by atoms with Gasteiger partial charge in [-0.05, 0) is 30.5 Å². The average molecular weight is 546 g/mol. The maximum Gasteiger partial charge on any atom is 0.243 e. The van der Waals surface area contributed by atoms with Gasteiger partial charge < -0.3 is 10.6 Å². The smallest absolute Gasteiger partial charge is 0.243 e. The first-order chi connectivity index (χ1) is 14.0. The average Bonchev–Trinajstić information content (AvgIpc) is 2.76. The van der Waals surface area contributed by atoms with Gasteiger partial charge in [-0.2, -0.15) is 4.31 Å². The summed E-state index contributed by atoms with van der Waals surface area (Å²) in [5, 5.41) is 6.18. The van der Waals surface area contributed by atoms with Crippen LogP contribution in [0.3, 0.4) is 0 Å². The predicted octanol–water partition coefficient (Wildman–Crippen LogP) is 3.48. The number of aliphatic imine (C=N–C) groups is 1. The number of hydrogen-bond acceptors (Lipinski definition) is 3. The SMILES string of the molecule is CN=C(NCc1ccccc1F)NCc1ccccc1S(=O)(=O)N1CCCCC1.I. The van der Waals surface area contributed by atoms with Crippen LogP contribution < -0.4 is 10.6 Å². The lowest BCUT2D eigenvalue weighted by molar-refractivity contribution is 0.346. The van der Waals surface area contributed by atoms with Crippen molar-refractivity contribution in [2.75, 3.05) is 20.1 Å². The van der Waals surface area contributed by atoms with Gasteiger partial charge in [-0.3, -0.25) is 4.99 Å². The number of nitrogens with zero attached hydrogens (tertiary/aromatic N) is 2. The molecule has 0 spiro atoms. The van der Waals surface area contributed by atoms with Crippen molar-refractivity contribution in [3.8, 4) is 0 Å². The highest BCUT2D eigenvalue weighted by molar-refractivity contribution is 14.0. The molecule has 0 atom stereocenters. The zero-order valence-electron chi connectivity index (χ0n) is 17.0. The molecule has 30 heavy (non-hydrogen) atoms. The summed E-state index contributed by atoms with van der Waals surface area (Å²) in [4.78, 5) is 4.46. The molecule has 0 aliphatic carbocycles. The molecule has 2 N–H and O–H groups in total. The van der Waals surface area contributed by atoms with Crippen LogP contribution in [0.5, 0.6) is 0 Å². The molecule has 3 rings (SSSR count). The number of halogens is 2. The van der Waals surface area contributed by atoms with Crippen molar-refractivity contribution < 1.29 is 12.8 Å². The van der Waals surface area contributed by atoms with Gasteiger partial charge in [-0.25, -0.2) is 12.8 Å². The topological polar surface area (TPSA) is 73.8 Å². The minimum absolute atomic E-state index is 0. The van der Waals surface area contributed by atoms with E-state index in [-0.39, 0.29) is 36.3 Å². The standard InChI is InChI=1S/C21H27FN4O2S.HI/c1-23-21(24-15-17-9-3-5-11-19(17)22)25-16-18-10-4-6-12-20(18)29(27,28)26-13-7-2-8-14-26;/h3-6,9-12H,2,7-8,13-16H2,1H3,(H2,23,24,25);1H. The summed E-state index contributed by atoms with van der Waals surface area (Å²) in [6, 6.07) is 13.5. The van der Waals surface area contributed by atoms with Crippen LogP contribution in [-0.2, 0) is 23.1 Å². The summed E-state index contributed by atoms with van der Waals surface area (Å²) >= 11 is 0. The Kier molecular flexibility index (Phi) is 9.50. The second kappa shape index (κ2) is 11.6. The van der Waals surface area contributed by atoms with E-state index in [0.717, 1.165) is 19.3 Å². The van der Waals surface area contributed by atoms with Gasteiger partial charge in [-0.1, -0.05) is 42.8 Å². The van der Waals surface area contributed by atoms with Crippen LogP contribution in [0.1, 0.15) is 30.4 Å². The summed E-state index contributed by atoms with van der Waals surface area (Å²) in [7, 11) is -1.91. The molecule has 1 heterocycles. The van der Waals surface area contributed by atoms with Crippen molar-refractivity contribution in [2.45, 2.75) is 37.2 Å². The first-order valence-corrected chi connectivity index (χ1v) is 11.2. The van der Waals surface area contributed by atoms with E-state index in [2.05, 4.69) is 15.6 Å². The van der Waals surface area contributed by atoms with Crippen molar-refractivity contribution in [1.82, 2.24) is 14.9 Å². The fraction of sp³-hybridized carbons (Fsp3) is 0.381. The second-order valence-corrected chi connectivity index (χ2v) is 8.85. The lowest BCUT2D eigenvalue weighted by atomic mass is 10.2. The van der Waals surface area contributed by atoms with Crippen molar-refractivity contribution in [3.05, 3.63) is 65.5 Å². The number of piperidine rings is 1. The van der Waals surface area contributed by atoms with E-state index >= 15 is 0 Å². The normalized spacial score (nSPS) is 15.3. The maximum atomic E-state index is 13.8. The lowest BCUT2D eigenvalue weighted by Crippen LogP contribution is -2.38. The molecule has 0 radical (unpaired) electrons. The van der Waals surface area contributed by atoms with Gasteiger partial charge in [0.1, 0.15) is 5.82 Å². The van der Waals surface area contributed by atoms with E-state index in [0.29, 0.717) is 41.6 Å². The van der Waals surface area contributed by atoms with Crippen LogP contribution in [0.4, 0.5) is 4.39 Å². The summed E-state index contributed by atoms with van der Waals surface area (Å²) in [6.45, 7) is 1.70. The van der Waals surface area contributed by atoms with Crippen LogP contribution in [0.15, 0.2) is 58.4 Å². The fourth-order valence-corrected chi connectivity index (χ4v) is 5.11. The Bertz CT molecular complexity index is 963. The third kappa shape index (κ3) is 6.14. The van der Waals surface area contributed by atoms with E-state index in [1.165, 1.54) is 6.07 Å². The minimum Gasteiger partial charge on any atom is -0.352 e. The largest absolute Gasteiger partial charge is 0.352 e.